The van der Waals surface area contributed by atoms with E-state index in [-0.39, 0.29) is 17.7 Å². The van der Waals surface area contributed by atoms with Gasteiger partial charge in [-0.1, -0.05) is 103 Å². The molecule has 0 saturated heterocycles. The third-order valence-corrected chi connectivity index (χ3v) is 4.85. The van der Waals surface area contributed by atoms with E-state index in [0.29, 0.717) is 11.7 Å². The van der Waals surface area contributed by atoms with Crippen molar-refractivity contribution in [2.75, 3.05) is 0 Å². The molecule has 0 aliphatic rings. The average Bonchev–Trinajstić information content (AvgIpc) is 2.67. The van der Waals surface area contributed by atoms with Gasteiger partial charge in [-0.2, -0.15) is 0 Å². The monoisotopic (exact) mass is 368 g/mol. The maximum Gasteiger partial charge on any atom is 0.155 e. The first kappa shape index (κ1) is 19.1. The summed E-state index contributed by atoms with van der Waals surface area (Å²) in [6.07, 6.45) is 0. The van der Waals surface area contributed by atoms with Crippen molar-refractivity contribution in [3.05, 3.63) is 108 Å². The fraction of sp³-hybridized carbons (Fsp3) is 0.0952. The van der Waals surface area contributed by atoms with Crippen LogP contribution in [0.4, 0.5) is 0 Å². The number of aliphatic imine (C=N–C) groups is 1. The normalized spacial score (nSPS) is 11.2. The van der Waals surface area contributed by atoms with Gasteiger partial charge in [0.25, 0.3) is 0 Å². The lowest BCUT2D eigenvalue weighted by molar-refractivity contribution is 1.07. The molecule has 0 amide bonds. The molecule has 2 nitrogen and oxygen atoms in total. The van der Waals surface area contributed by atoms with Crippen molar-refractivity contribution in [3.8, 4) is 0 Å². The second-order valence-electron chi connectivity index (χ2n) is 5.46. The molecular formula is C21H21ClN2S. The SMILES string of the molecule is Cl.NC(=NCc1ccccc1)SC(c1ccccc1)c1ccccc1. The van der Waals surface area contributed by atoms with Crippen LogP contribution >= 0.6 is 24.2 Å². The van der Waals surface area contributed by atoms with Crippen molar-refractivity contribution < 1.29 is 0 Å². The standard InChI is InChI=1S/C21H20N2S.ClH/c22-21(23-16-17-10-4-1-5-11-17)24-20(18-12-6-2-7-13-18)19-14-8-3-9-15-19;/h1-15,20H,16H2,(H2,22,23);1H. The van der Waals surface area contributed by atoms with Gasteiger partial charge in [0.15, 0.2) is 5.17 Å². The van der Waals surface area contributed by atoms with Crippen LogP contribution in [0.25, 0.3) is 0 Å². The summed E-state index contributed by atoms with van der Waals surface area (Å²) in [4.78, 5) is 4.54. The van der Waals surface area contributed by atoms with Crippen molar-refractivity contribution in [1.82, 2.24) is 0 Å². The molecule has 0 fully saturated rings. The molecule has 0 aliphatic carbocycles. The summed E-state index contributed by atoms with van der Waals surface area (Å²) < 4.78 is 0. The van der Waals surface area contributed by atoms with Gasteiger partial charge in [-0.15, -0.1) is 12.4 Å². The van der Waals surface area contributed by atoms with Gasteiger partial charge in [0, 0.05) is 0 Å². The number of hydrogen-bond acceptors (Lipinski definition) is 2. The van der Waals surface area contributed by atoms with Gasteiger partial charge < -0.3 is 5.73 Å². The van der Waals surface area contributed by atoms with E-state index < -0.39 is 0 Å². The molecule has 0 aliphatic heterocycles. The van der Waals surface area contributed by atoms with Crippen LogP contribution in [-0.2, 0) is 6.54 Å². The van der Waals surface area contributed by atoms with Crippen molar-refractivity contribution >= 4 is 29.3 Å². The Balaban J connectivity index is 0.00000225. The van der Waals surface area contributed by atoms with Crippen LogP contribution in [0.2, 0.25) is 0 Å². The molecule has 0 aromatic heterocycles. The van der Waals surface area contributed by atoms with E-state index in [1.54, 1.807) is 11.8 Å². The Bertz CT molecular complexity index is 737. The predicted octanol–water partition coefficient (Wildman–Crippen LogP) is 5.45. The number of nitrogens with zero attached hydrogens (tertiary/aromatic N) is 1. The molecule has 2 N–H and O–H groups in total. The van der Waals surface area contributed by atoms with Crippen LogP contribution in [0.3, 0.4) is 0 Å². The third-order valence-electron chi connectivity index (χ3n) is 3.70. The molecule has 3 aromatic rings. The fourth-order valence-electron chi connectivity index (χ4n) is 2.49. The van der Waals surface area contributed by atoms with Crippen LogP contribution in [0.5, 0.6) is 0 Å². The van der Waals surface area contributed by atoms with Gasteiger partial charge in [-0.3, -0.25) is 4.99 Å². The van der Waals surface area contributed by atoms with Crippen molar-refractivity contribution in [1.29, 1.82) is 0 Å². The van der Waals surface area contributed by atoms with Gasteiger partial charge >= 0.3 is 0 Å². The molecule has 0 unspecified atom stereocenters. The Labute approximate surface area is 159 Å². The Hall–Kier alpha value is -2.23. The largest absolute Gasteiger partial charge is 0.379 e. The Morgan fingerprint density at radius 2 is 1.20 bits per heavy atom. The van der Waals surface area contributed by atoms with Crippen LogP contribution in [-0.4, -0.2) is 5.17 Å². The lowest BCUT2D eigenvalue weighted by Crippen LogP contribution is -2.11. The summed E-state index contributed by atoms with van der Waals surface area (Å²) in [6.45, 7) is 0.607. The highest BCUT2D eigenvalue weighted by molar-refractivity contribution is 8.14. The lowest BCUT2D eigenvalue weighted by Gasteiger charge is -2.17. The fourth-order valence-corrected chi connectivity index (χ4v) is 3.46. The number of hydrogen-bond donors (Lipinski definition) is 1. The van der Waals surface area contributed by atoms with Gasteiger partial charge in [0.05, 0.1) is 11.8 Å². The highest BCUT2D eigenvalue weighted by Crippen LogP contribution is 2.35. The number of amidine groups is 1. The number of benzene rings is 3. The molecule has 0 atom stereocenters. The van der Waals surface area contributed by atoms with E-state index in [9.17, 15) is 0 Å². The Morgan fingerprint density at radius 3 is 1.68 bits per heavy atom. The minimum Gasteiger partial charge on any atom is -0.379 e. The van der Waals surface area contributed by atoms with E-state index in [2.05, 4.69) is 65.7 Å². The number of rotatable bonds is 5. The summed E-state index contributed by atoms with van der Waals surface area (Å²) >= 11 is 1.60. The molecule has 0 heterocycles. The van der Waals surface area contributed by atoms with Gasteiger partial charge in [-0.05, 0) is 16.7 Å². The van der Waals surface area contributed by atoms with Crippen LogP contribution in [0, 0.1) is 0 Å². The number of nitrogens with two attached hydrogens (primary N) is 1. The maximum atomic E-state index is 6.21. The first-order valence-electron chi connectivity index (χ1n) is 7.93. The van der Waals surface area contributed by atoms with E-state index in [0.717, 1.165) is 5.56 Å². The second kappa shape index (κ2) is 9.92. The molecule has 128 valence electrons. The Morgan fingerprint density at radius 1 is 0.760 bits per heavy atom. The molecular weight excluding hydrogens is 348 g/mol. The molecule has 0 saturated carbocycles. The maximum absolute atomic E-state index is 6.21. The van der Waals surface area contributed by atoms with Crippen molar-refractivity contribution in [2.24, 2.45) is 10.7 Å². The second-order valence-corrected chi connectivity index (χ2v) is 6.58. The smallest absolute Gasteiger partial charge is 0.155 e. The first-order chi connectivity index (χ1) is 11.8. The summed E-state index contributed by atoms with van der Waals surface area (Å²) in [5.41, 5.74) is 9.83. The van der Waals surface area contributed by atoms with Gasteiger partial charge in [0.2, 0.25) is 0 Å². The first-order valence-corrected chi connectivity index (χ1v) is 8.81. The zero-order valence-corrected chi connectivity index (χ0v) is 15.4. The minimum absolute atomic E-state index is 0. The molecule has 0 radical (unpaired) electrons. The molecule has 0 bridgehead atoms. The topological polar surface area (TPSA) is 38.4 Å². The van der Waals surface area contributed by atoms with Gasteiger partial charge in [-0.25, -0.2) is 0 Å². The molecule has 4 heteroatoms. The van der Waals surface area contributed by atoms with E-state index >= 15 is 0 Å². The van der Waals surface area contributed by atoms with Crippen LogP contribution in [0.15, 0.2) is 96.0 Å². The van der Waals surface area contributed by atoms with Crippen molar-refractivity contribution in [3.63, 3.8) is 0 Å². The van der Waals surface area contributed by atoms with E-state index in [1.165, 1.54) is 11.1 Å². The van der Waals surface area contributed by atoms with Gasteiger partial charge in [0.1, 0.15) is 0 Å². The van der Waals surface area contributed by atoms with E-state index in [1.807, 2.05) is 30.3 Å². The number of thioether (sulfide) groups is 1. The van der Waals surface area contributed by atoms with Crippen LogP contribution in [0.1, 0.15) is 21.9 Å². The predicted molar refractivity (Wildman–Crippen MR) is 111 cm³/mol. The molecule has 3 rings (SSSR count). The molecule has 25 heavy (non-hydrogen) atoms. The van der Waals surface area contributed by atoms with Crippen molar-refractivity contribution in [2.45, 2.75) is 11.8 Å². The highest BCUT2D eigenvalue weighted by atomic mass is 35.5. The highest BCUT2D eigenvalue weighted by Gasteiger charge is 2.16. The molecule has 3 aromatic carbocycles. The third kappa shape index (κ3) is 5.66. The summed E-state index contributed by atoms with van der Waals surface area (Å²) in [6, 6.07) is 31.0. The zero-order valence-electron chi connectivity index (χ0n) is 13.8. The average molecular weight is 369 g/mol. The lowest BCUT2D eigenvalue weighted by atomic mass is 10.0. The minimum atomic E-state index is 0. The van der Waals surface area contributed by atoms with Crippen LogP contribution < -0.4 is 5.73 Å². The summed E-state index contributed by atoms with van der Waals surface area (Å²) in [7, 11) is 0. The molecule has 0 spiro atoms. The Kier molecular flexibility index (Phi) is 7.58. The summed E-state index contributed by atoms with van der Waals surface area (Å²) in [5.74, 6) is 0. The number of halogens is 1. The quantitative estimate of drug-likeness (QED) is 0.480. The van der Waals surface area contributed by atoms with E-state index in [4.69, 9.17) is 5.73 Å². The zero-order chi connectivity index (χ0) is 16.6. The summed E-state index contributed by atoms with van der Waals surface area (Å²) in [5, 5.41) is 0.753.